The minimum absolute atomic E-state index is 0.000100. The Morgan fingerprint density at radius 2 is 1.58 bits per heavy atom. The summed E-state index contributed by atoms with van der Waals surface area (Å²) in [6, 6.07) is 15.0. The van der Waals surface area contributed by atoms with E-state index >= 15 is 0 Å². The van der Waals surface area contributed by atoms with Crippen molar-refractivity contribution in [1.82, 2.24) is 0 Å². The van der Waals surface area contributed by atoms with Crippen LogP contribution in [0.5, 0.6) is 11.5 Å². The molecule has 8 heteroatoms. The molecular formula is C28H31NO6S. The van der Waals surface area contributed by atoms with Crippen LogP contribution in [-0.4, -0.2) is 27.6 Å². The van der Waals surface area contributed by atoms with Crippen molar-refractivity contribution in [1.29, 1.82) is 0 Å². The van der Waals surface area contributed by atoms with E-state index in [0.717, 1.165) is 16.7 Å². The van der Waals surface area contributed by atoms with Crippen molar-refractivity contribution in [3.05, 3.63) is 82.4 Å². The summed E-state index contributed by atoms with van der Waals surface area (Å²) < 4.78 is 45.3. The molecule has 0 aromatic heterocycles. The normalized spacial score (nSPS) is 13.2. The van der Waals surface area contributed by atoms with Crippen LogP contribution in [0.1, 0.15) is 53.4 Å². The van der Waals surface area contributed by atoms with Crippen LogP contribution < -0.4 is 14.2 Å². The molecule has 1 N–H and O–H groups in total. The number of hydrogen-bond donors (Lipinski definition) is 1. The van der Waals surface area contributed by atoms with E-state index in [-0.39, 0.29) is 28.2 Å². The topological polar surface area (TPSA) is 90.9 Å². The lowest BCUT2D eigenvalue weighted by Gasteiger charge is -2.22. The highest BCUT2D eigenvalue weighted by Gasteiger charge is 2.23. The lowest BCUT2D eigenvalue weighted by molar-refractivity contribution is 0.0472. The zero-order chi connectivity index (χ0) is 26.1. The molecule has 0 aliphatic carbocycles. The number of fused-ring (bicyclic) bond motifs is 1. The number of carbonyl (C=O) groups is 1. The third-order valence-electron chi connectivity index (χ3n) is 6.12. The predicted octanol–water partition coefficient (Wildman–Crippen LogP) is 5.53. The first kappa shape index (κ1) is 25.6. The first-order valence-electron chi connectivity index (χ1n) is 11.7. The molecule has 0 bridgehead atoms. The highest BCUT2D eigenvalue weighted by atomic mass is 32.2. The Kier molecular flexibility index (Phi) is 7.00. The average molecular weight is 510 g/mol. The molecule has 0 saturated carbocycles. The van der Waals surface area contributed by atoms with Crippen LogP contribution in [0.2, 0.25) is 0 Å². The smallest absolute Gasteiger partial charge is 0.340 e. The summed E-state index contributed by atoms with van der Waals surface area (Å²) >= 11 is 0. The van der Waals surface area contributed by atoms with Gasteiger partial charge in [0.15, 0.2) is 11.5 Å². The summed E-state index contributed by atoms with van der Waals surface area (Å²) in [6.07, 6.45) is 0. The number of aryl methyl sites for hydroxylation is 2. The SMILES string of the molecule is Cc1cc(C(C)(C)C)cc(C)c1COC(=O)c1ccccc1NS(=O)(=O)c1ccc2c(c1)OCCO2. The van der Waals surface area contributed by atoms with E-state index in [1.165, 1.54) is 29.8 Å². The summed E-state index contributed by atoms with van der Waals surface area (Å²) in [5.41, 5.74) is 4.50. The largest absolute Gasteiger partial charge is 0.486 e. The van der Waals surface area contributed by atoms with Crippen molar-refractivity contribution in [3.63, 3.8) is 0 Å². The highest BCUT2D eigenvalue weighted by Crippen LogP contribution is 2.33. The Bertz CT molecular complexity index is 1380. The molecule has 3 aromatic carbocycles. The van der Waals surface area contributed by atoms with Gasteiger partial charge in [-0.3, -0.25) is 4.72 Å². The Labute approximate surface area is 212 Å². The van der Waals surface area contributed by atoms with Gasteiger partial charge in [-0.1, -0.05) is 45.0 Å². The van der Waals surface area contributed by atoms with Gasteiger partial charge >= 0.3 is 5.97 Å². The molecule has 7 nitrogen and oxygen atoms in total. The zero-order valence-electron chi connectivity index (χ0n) is 21.2. The Morgan fingerprint density at radius 1 is 0.944 bits per heavy atom. The van der Waals surface area contributed by atoms with Crippen LogP contribution in [0.3, 0.4) is 0 Å². The molecule has 0 saturated heterocycles. The number of anilines is 1. The van der Waals surface area contributed by atoms with Gasteiger partial charge < -0.3 is 14.2 Å². The lowest BCUT2D eigenvalue weighted by atomic mass is 9.84. The molecule has 0 radical (unpaired) electrons. The van der Waals surface area contributed by atoms with Crippen LogP contribution in [0.25, 0.3) is 0 Å². The summed E-state index contributed by atoms with van der Waals surface area (Å²) in [7, 11) is -4.00. The van der Waals surface area contributed by atoms with E-state index in [0.29, 0.717) is 24.7 Å². The number of benzene rings is 3. The first-order valence-corrected chi connectivity index (χ1v) is 13.2. The molecule has 36 heavy (non-hydrogen) atoms. The second kappa shape index (κ2) is 9.85. The fraction of sp³-hybridized carbons (Fsp3) is 0.321. The van der Waals surface area contributed by atoms with E-state index in [1.54, 1.807) is 18.2 Å². The van der Waals surface area contributed by atoms with E-state index < -0.39 is 16.0 Å². The third-order valence-corrected chi connectivity index (χ3v) is 7.49. The predicted molar refractivity (Wildman–Crippen MR) is 138 cm³/mol. The fourth-order valence-corrected chi connectivity index (χ4v) is 5.11. The van der Waals surface area contributed by atoms with Gasteiger partial charge in [0.25, 0.3) is 10.0 Å². The molecule has 190 valence electrons. The molecular weight excluding hydrogens is 478 g/mol. The number of sulfonamides is 1. The Balaban J connectivity index is 1.53. The standard InChI is InChI=1S/C28H31NO6S/c1-18-14-20(28(3,4)5)15-19(2)23(18)17-35-27(30)22-8-6-7-9-24(22)29-36(31,32)21-10-11-25-26(16-21)34-13-12-33-25/h6-11,14-16,29H,12-13,17H2,1-5H3. The van der Waals surface area contributed by atoms with Crippen LogP contribution in [-0.2, 0) is 26.8 Å². The molecule has 1 aliphatic rings. The number of rotatable bonds is 6. The monoisotopic (exact) mass is 509 g/mol. The van der Waals surface area contributed by atoms with Gasteiger partial charge in [-0.25, -0.2) is 13.2 Å². The van der Waals surface area contributed by atoms with Crippen molar-refractivity contribution >= 4 is 21.7 Å². The highest BCUT2D eigenvalue weighted by molar-refractivity contribution is 7.92. The number of hydrogen-bond acceptors (Lipinski definition) is 6. The van der Waals surface area contributed by atoms with E-state index in [4.69, 9.17) is 14.2 Å². The fourth-order valence-electron chi connectivity index (χ4n) is 4.01. The Hall–Kier alpha value is -3.52. The molecule has 4 rings (SSSR count). The third kappa shape index (κ3) is 5.49. The van der Waals surface area contributed by atoms with E-state index in [2.05, 4.69) is 37.6 Å². The molecule has 0 amide bonds. The van der Waals surface area contributed by atoms with Gasteiger partial charge in [0.2, 0.25) is 0 Å². The van der Waals surface area contributed by atoms with Gasteiger partial charge in [-0.15, -0.1) is 0 Å². The van der Waals surface area contributed by atoms with Crippen molar-refractivity contribution in [2.45, 2.75) is 51.5 Å². The van der Waals surface area contributed by atoms with Crippen molar-refractivity contribution in [2.75, 3.05) is 17.9 Å². The molecule has 0 fully saturated rings. The molecule has 0 unspecified atom stereocenters. The van der Waals surface area contributed by atoms with Crippen LogP contribution >= 0.6 is 0 Å². The van der Waals surface area contributed by atoms with Gasteiger partial charge in [0.05, 0.1) is 16.1 Å². The summed E-state index contributed by atoms with van der Waals surface area (Å²) in [5, 5.41) is 0. The molecule has 0 spiro atoms. The maximum atomic E-state index is 13.1. The molecule has 1 aliphatic heterocycles. The van der Waals surface area contributed by atoms with Crippen molar-refractivity contribution < 1.29 is 27.4 Å². The molecule has 0 atom stereocenters. The molecule has 1 heterocycles. The zero-order valence-corrected chi connectivity index (χ0v) is 22.0. The van der Waals surface area contributed by atoms with E-state index in [9.17, 15) is 13.2 Å². The summed E-state index contributed by atoms with van der Waals surface area (Å²) in [4.78, 5) is 13.0. The maximum Gasteiger partial charge on any atom is 0.340 e. The second-order valence-corrected chi connectivity index (χ2v) is 11.6. The summed E-state index contributed by atoms with van der Waals surface area (Å²) in [5.74, 6) is 0.236. The minimum Gasteiger partial charge on any atom is -0.486 e. The van der Waals surface area contributed by atoms with Crippen LogP contribution in [0.4, 0.5) is 5.69 Å². The van der Waals surface area contributed by atoms with Crippen molar-refractivity contribution in [2.24, 2.45) is 0 Å². The van der Waals surface area contributed by atoms with E-state index in [1.807, 2.05) is 13.8 Å². The first-order chi connectivity index (χ1) is 17.0. The van der Waals surface area contributed by atoms with Gasteiger partial charge in [0.1, 0.15) is 19.8 Å². The number of nitrogens with one attached hydrogen (secondary N) is 1. The summed E-state index contributed by atoms with van der Waals surface area (Å²) in [6.45, 7) is 11.3. The molecule has 3 aromatic rings. The number of para-hydroxylation sites is 1. The van der Waals surface area contributed by atoms with Crippen LogP contribution in [0.15, 0.2) is 59.5 Å². The average Bonchev–Trinajstić information content (AvgIpc) is 2.82. The van der Waals surface area contributed by atoms with Gasteiger partial charge in [0, 0.05) is 6.07 Å². The minimum atomic E-state index is -4.00. The Morgan fingerprint density at radius 3 is 2.25 bits per heavy atom. The number of esters is 1. The van der Waals surface area contributed by atoms with Gasteiger partial charge in [-0.2, -0.15) is 0 Å². The quantitative estimate of drug-likeness (QED) is 0.440. The van der Waals surface area contributed by atoms with Crippen LogP contribution in [0, 0.1) is 13.8 Å². The number of ether oxygens (including phenoxy) is 3. The van der Waals surface area contributed by atoms with Gasteiger partial charge in [-0.05, 0) is 65.8 Å². The van der Waals surface area contributed by atoms with Crippen molar-refractivity contribution in [3.8, 4) is 11.5 Å². The lowest BCUT2D eigenvalue weighted by Crippen LogP contribution is -2.18. The maximum absolute atomic E-state index is 13.1. The number of carbonyl (C=O) groups excluding carboxylic acids is 1. The second-order valence-electron chi connectivity index (χ2n) is 9.87.